The molecule has 1 heterocycles. The molecule has 0 spiro atoms. The average Bonchev–Trinajstić information content (AvgIpc) is 3.14. The minimum Gasteiger partial charge on any atom is -0.504 e. The van der Waals surface area contributed by atoms with Crippen LogP contribution in [0.4, 0.5) is 4.39 Å². The van der Waals surface area contributed by atoms with Gasteiger partial charge in [0.25, 0.3) is 0 Å². The molecule has 3 N–H and O–H groups in total. The van der Waals surface area contributed by atoms with Crippen LogP contribution in [0.3, 0.4) is 0 Å². The van der Waals surface area contributed by atoms with Gasteiger partial charge in [0.2, 0.25) is 0 Å². The molecule has 210 valence electrons. The van der Waals surface area contributed by atoms with E-state index in [0.29, 0.717) is 36.1 Å². The van der Waals surface area contributed by atoms with E-state index in [-0.39, 0.29) is 90.1 Å². The number of Topliss-reactive ketones (excluding diaryl/α,β-unsaturated/α-hetero) is 1. The van der Waals surface area contributed by atoms with E-state index >= 15 is 4.39 Å². The average molecular weight is 598 g/mol. The number of fused-ring (bicyclic) bond motifs is 1. The van der Waals surface area contributed by atoms with E-state index in [2.05, 4.69) is 0 Å². The number of carbonyl (C=O) groups is 1. The van der Waals surface area contributed by atoms with Gasteiger partial charge < -0.3 is 29.3 Å². The van der Waals surface area contributed by atoms with Crippen LogP contribution in [0.25, 0.3) is 0 Å². The first-order chi connectivity index (χ1) is 17.5. The number of ketones is 1. The second-order valence-electron chi connectivity index (χ2n) is 9.95. The molecule has 0 amide bonds. The van der Waals surface area contributed by atoms with Gasteiger partial charge >= 0.3 is 0 Å². The molecule has 3 rings (SSSR count). The van der Waals surface area contributed by atoms with Gasteiger partial charge in [-0.2, -0.15) is 0 Å². The highest BCUT2D eigenvalue weighted by molar-refractivity contribution is 8.93. The number of phenols is 1. The molecule has 0 unspecified atom stereocenters. The molecule has 10 heteroatoms. The Hall–Kier alpha value is -2.85. The molecular weight excluding hydrogens is 559 g/mol. The SMILES string of the molecule is Br.CCOc1cc2c(c(F)c1OCC)C(=N)N(CC(=O)c1cc(OCCCCO)c(O)c(C(C)(C)C)c1)C2. The maximum Gasteiger partial charge on any atom is 0.197 e. The van der Waals surface area contributed by atoms with Crippen LogP contribution in [-0.4, -0.2) is 59.7 Å². The van der Waals surface area contributed by atoms with E-state index < -0.39 is 11.2 Å². The third-order valence-corrected chi connectivity index (χ3v) is 6.12. The lowest BCUT2D eigenvalue weighted by Gasteiger charge is -2.24. The first-order valence-corrected chi connectivity index (χ1v) is 12.6. The number of nitrogens with one attached hydrogen (secondary N) is 1. The zero-order valence-corrected chi connectivity index (χ0v) is 24.4. The van der Waals surface area contributed by atoms with Gasteiger partial charge in [0.05, 0.1) is 31.9 Å². The summed E-state index contributed by atoms with van der Waals surface area (Å²) in [7, 11) is 0. The largest absolute Gasteiger partial charge is 0.504 e. The van der Waals surface area contributed by atoms with Crippen molar-refractivity contribution in [3.63, 3.8) is 0 Å². The van der Waals surface area contributed by atoms with Gasteiger partial charge in [-0.25, -0.2) is 4.39 Å². The summed E-state index contributed by atoms with van der Waals surface area (Å²) in [6.07, 6.45) is 1.16. The lowest BCUT2D eigenvalue weighted by molar-refractivity contribution is 0.0962. The topological polar surface area (TPSA) is 112 Å². The van der Waals surface area contributed by atoms with Gasteiger partial charge in [-0.3, -0.25) is 10.2 Å². The highest BCUT2D eigenvalue weighted by Crippen LogP contribution is 2.41. The van der Waals surface area contributed by atoms with Crippen molar-refractivity contribution in [3.05, 3.63) is 46.3 Å². The molecule has 1 aliphatic rings. The summed E-state index contributed by atoms with van der Waals surface area (Å²) in [5.41, 5.74) is 1.08. The molecule has 0 bridgehead atoms. The van der Waals surface area contributed by atoms with Crippen LogP contribution in [0, 0.1) is 11.2 Å². The molecule has 0 saturated heterocycles. The standard InChI is InChI=1S/C28H37FN2O6.BrH/c1-6-35-22-14-18-15-31(27(30)23(18)24(29)26(22)36-7-2)16-20(33)17-12-19(28(3,4)5)25(34)21(13-17)37-11-9-8-10-32;/h12-14,30,32,34H,6-11,15-16H2,1-5H3;1H. The predicted molar refractivity (Wildman–Crippen MR) is 149 cm³/mol. The molecule has 0 saturated carbocycles. The zero-order valence-electron chi connectivity index (χ0n) is 22.6. The summed E-state index contributed by atoms with van der Waals surface area (Å²) >= 11 is 0. The predicted octanol–water partition coefficient (Wildman–Crippen LogP) is 5.38. The van der Waals surface area contributed by atoms with Crippen molar-refractivity contribution in [1.82, 2.24) is 4.90 Å². The Morgan fingerprint density at radius 2 is 1.76 bits per heavy atom. The molecular formula is C28H38BrFN2O6. The van der Waals surface area contributed by atoms with Gasteiger partial charge in [-0.15, -0.1) is 17.0 Å². The summed E-state index contributed by atoms with van der Waals surface area (Å²) in [6.45, 7) is 10.2. The van der Waals surface area contributed by atoms with Crippen LogP contribution in [0.2, 0.25) is 0 Å². The summed E-state index contributed by atoms with van der Waals surface area (Å²) < 4.78 is 32.1. The van der Waals surface area contributed by atoms with Crippen LogP contribution in [0.15, 0.2) is 18.2 Å². The van der Waals surface area contributed by atoms with Gasteiger partial charge in [0, 0.05) is 24.3 Å². The van der Waals surface area contributed by atoms with Crippen LogP contribution < -0.4 is 14.2 Å². The number of aliphatic hydroxyl groups is 1. The highest BCUT2D eigenvalue weighted by atomic mass is 79.9. The van der Waals surface area contributed by atoms with Crippen molar-refractivity contribution in [2.45, 2.75) is 59.4 Å². The number of carbonyl (C=O) groups excluding carboxylic acids is 1. The summed E-state index contributed by atoms with van der Waals surface area (Å²) in [4.78, 5) is 14.9. The van der Waals surface area contributed by atoms with Crippen LogP contribution in [0.5, 0.6) is 23.0 Å². The Morgan fingerprint density at radius 3 is 2.37 bits per heavy atom. The number of hydrogen-bond donors (Lipinski definition) is 3. The van der Waals surface area contributed by atoms with Gasteiger partial charge in [0.15, 0.2) is 34.6 Å². The van der Waals surface area contributed by atoms with Crippen molar-refractivity contribution in [2.75, 3.05) is 33.0 Å². The summed E-state index contributed by atoms with van der Waals surface area (Å²) in [6, 6.07) is 4.81. The molecule has 0 aliphatic carbocycles. The fourth-order valence-corrected chi connectivity index (χ4v) is 4.27. The number of unbranched alkanes of at least 4 members (excludes halogenated alkanes) is 1. The number of amidine groups is 1. The minimum absolute atomic E-state index is 0. The molecule has 8 nitrogen and oxygen atoms in total. The minimum atomic E-state index is -0.666. The summed E-state index contributed by atoms with van der Waals surface area (Å²) in [5, 5.41) is 28.4. The zero-order chi connectivity index (χ0) is 27.3. The number of nitrogens with zero attached hydrogens (tertiary/aromatic N) is 1. The van der Waals surface area contributed by atoms with Crippen molar-refractivity contribution < 1.29 is 33.6 Å². The van der Waals surface area contributed by atoms with Crippen LogP contribution in [-0.2, 0) is 12.0 Å². The molecule has 2 aromatic rings. The third-order valence-electron chi connectivity index (χ3n) is 6.12. The maximum absolute atomic E-state index is 15.4. The summed E-state index contributed by atoms with van der Waals surface area (Å²) in [5.74, 6) is -0.638. The Balaban J connectivity index is 0.00000507. The van der Waals surface area contributed by atoms with Gasteiger partial charge in [-0.1, -0.05) is 20.8 Å². The first kappa shape index (κ1) is 31.4. The number of aromatic hydroxyl groups is 1. The quantitative estimate of drug-likeness (QED) is 0.223. The fraction of sp³-hybridized carbons (Fsp3) is 0.500. The molecule has 1 aliphatic heterocycles. The molecule has 0 atom stereocenters. The van der Waals surface area contributed by atoms with Crippen molar-refractivity contribution in [3.8, 4) is 23.0 Å². The number of aliphatic hydroxyl groups excluding tert-OH is 1. The van der Waals surface area contributed by atoms with Gasteiger partial charge in [-0.05, 0) is 55.9 Å². The maximum atomic E-state index is 15.4. The Bertz CT molecular complexity index is 1170. The van der Waals surface area contributed by atoms with E-state index in [0.717, 1.165) is 0 Å². The molecule has 0 radical (unpaired) electrons. The van der Waals surface area contributed by atoms with Gasteiger partial charge in [0.1, 0.15) is 5.84 Å². The Labute approximate surface area is 234 Å². The number of ether oxygens (including phenoxy) is 3. The Kier molecular flexibility index (Phi) is 11.0. The highest BCUT2D eigenvalue weighted by Gasteiger charge is 2.33. The fourth-order valence-electron chi connectivity index (χ4n) is 4.27. The first-order valence-electron chi connectivity index (χ1n) is 12.6. The third kappa shape index (κ3) is 6.77. The molecule has 0 aromatic heterocycles. The monoisotopic (exact) mass is 596 g/mol. The molecule has 38 heavy (non-hydrogen) atoms. The lowest BCUT2D eigenvalue weighted by Crippen LogP contribution is -2.30. The molecule has 0 fully saturated rings. The number of hydrogen-bond acceptors (Lipinski definition) is 7. The van der Waals surface area contributed by atoms with E-state index in [4.69, 9.17) is 24.7 Å². The number of phenolic OH excluding ortho intramolecular Hbond substituents is 1. The van der Waals surface area contributed by atoms with Crippen molar-refractivity contribution in [1.29, 1.82) is 5.41 Å². The number of halogens is 2. The van der Waals surface area contributed by atoms with Crippen LogP contribution >= 0.6 is 17.0 Å². The van der Waals surface area contributed by atoms with Crippen molar-refractivity contribution in [2.24, 2.45) is 0 Å². The lowest BCUT2D eigenvalue weighted by atomic mass is 9.84. The second-order valence-corrected chi connectivity index (χ2v) is 9.95. The van der Waals surface area contributed by atoms with E-state index in [9.17, 15) is 9.90 Å². The van der Waals surface area contributed by atoms with Crippen LogP contribution in [0.1, 0.15) is 74.5 Å². The second kappa shape index (κ2) is 13.3. The van der Waals surface area contributed by atoms with E-state index in [1.54, 1.807) is 26.0 Å². The number of rotatable bonds is 12. The molecule has 2 aromatic carbocycles. The van der Waals surface area contributed by atoms with Crippen molar-refractivity contribution >= 4 is 28.6 Å². The normalized spacial score (nSPS) is 12.7. The Morgan fingerprint density at radius 1 is 1.08 bits per heavy atom. The van der Waals surface area contributed by atoms with E-state index in [1.165, 1.54) is 11.0 Å². The smallest absolute Gasteiger partial charge is 0.197 e. The van der Waals surface area contributed by atoms with E-state index in [1.807, 2.05) is 20.8 Å². The number of benzene rings is 2.